The Morgan fingerprint density at radius 2 is 1.78 bits per heavy atom. The number of anilines is 4. The predicted octanol–water partition coefficient (Wildman–Crippen LogP) is 3.83. The first-order chi connectivity index (χ1) is 13.0. The van der Waals surface area contributed by atoms with Crippen LogP contribution in [0.2, 0.25) is 5.02 Å². The highest BCUT2D eigenvalue weighted by Gasteiger charge is 2.12. The average molecular weight is 383 g/mol. The van der Waals surface area contributed by atoms with E-state index < -0.39 is 0 Å². The number of aromatic nitrogens is 2. The summed E-state index contributed by atoms with van der Waals surface area (Å²) in [6, 6.07) is 12.8. The minimum Gasteiger partial charge on any atom is -0.393 e. The molecule has 27 heavy (non-hydrogen) atoms. The molecule has 0 saturated carbocycles. The maximum atomic E-state index is 12.3. The van der Waals surface area contributed by atoms with Gasteiger partial charge in [-0.3, -0.25) is 15.6 Å². The molecule has 1 heterocycles. The highest BCUT2D eigenvalue weighted by molar-refractivity contribution is 6.31. The van der Waals surface area contributed by atoms with Crippen molar-refractivity contribution in [3.63, 3.8) is 0 Å². The second-order valence-corrected chi connectivity index (χ2v) is 6.32. The van der Waals surface area contributed by atoms with Gasteiger partial charge in [-0.05, 0) is 43.2 Å². The molecule has 0 aliphatic rings. The van der Waals surface area contributed by atoms with Crippen molar-refractivity contribution < 1.29 is 4.79 Å². The van der Waals surface area contributed by atoms with Crippen molar-refractivity contribution in [2.45, 2.75) is 13.8 Å². The molecule has 0 fully saturated rings. The van der Waals surface area contributed by atoms with Crippen LogP contribution in [0.3, 0.4) is 0 Å². The fraction of sp³-hybridized carbons (Fsp3) is 0.105. The number of hydrogen-bond acceptors (Lipinski definition) is 6. The number of carbonyl (C=O) groups is 1. The number of aryl methyl sites for hydroxylation is 1. The number of carbonyl (C=O) groups excluding carboxylic acids is 1. The van der Waals surface area contributed by atoms with Gasteiger partial charge in [0.1, 0.15) is 12.0 Å². The molecule has 0 aliphatic heterocycles. The van der Waals surface area contributed by atoms with Crippen LogP contribution >= 0.6 is 11.6 Å². The second-order valence-electron chi connectivity index (χ2n) is 5.92. The van der Waals surface area contributed by atoms with Crippen LogP contribution in [0.25, 0.3) is 0 Å². The van der Waals surface area contributed by atoms with Crippen molar-refractivity contribution in [1.29, 1.82) is 0 Å². The van der Waals surface area contributed by atoms with Gasteiger partial charge in [0, 0.05) is 16.3 Å². The van der Waals surface area contributed by atoms with Gasteiger partial charge in [-0.2, -0.15) is 0 Å². The summed E-state index contributed by atoms with van der Waals surface area (Å²) in [5.41, 5.74) is 14.8. The van der Waals surface area contributed by atoms with Gasteiger partial charge in [-0.15, -0.1) is 0 Å². The summed E-state index contributed by atoms with van der Waals surface area (Å²) in [5, 5.41) is 3.77. The number of rotatable bonds is 5. The fourth-order valence-corrected chi connectivity index (χ4v) is 2.65. The fourth-order valence-electron chi connectivity index (χ4n) is 2.48. The second kappa shape index (κ2) is 7.92. The van der Waals surface area contributed by atoms with Crippen molar-refractivity contribution in [3.05, 3.63) is 70.5 Å². The van der Waals surface area contributed by atoms with Crippen LogP contribution in [0.5, 0.6) is 0 Å². The normalized spacial score (nSPS) is 10.3. The summed E-state index contributed by atoms with van der Waals surface area (Å²) in [7, 11) is 0. The molecule has 2 aromatic carbocycles. The Morgan fingerprint density at radius 1 is 1.04 bits per heavy atom. The Kier molecular flexibility index (Phi) is 5.42. The number of hydrogen-bond donors (Lipinski definition) is 4. The summed E-state index contributed by atoms with van der Waals surface area (Å²) in [6.45, 7) is 3.76. The molecule has 0 radical (unpaired) electrons. The minimum atomic E-state index is -0.286. The van der Waals surface area contributed by atoms with Crippen molar-refractivity contribution in [1.82, 2.24) is 15.4 Å². The van der Waals surface area contributed by atoms with Crippen molar-refractivity contribution in [2.24, 2.45) is 0 Å². The molecule has 3 aromatic rings. The molecule has 0 saturated heterocycles. The Morgan fingerprint density at radius 3 is 2.56 bits per heavy atom. The van der Waals surface area contributed by atoms with Gasteiger partial charge in [0.15, 0.2) is 11.6 Å². The molecule has 1 aromatic heterocycles. The molecule has 7 nitrogen and oxygen atoms in total. The Labute approximate surface area is 162 Å². The number of nitrogens with two attached hydrogens (primary N) is 1. The third kappa shape index (κ3) is 4.09. The van der Waals surface area contributed by atoms with E-state index in [1.165, 1.54) is 6.33 Å². The topological polar surface area (TPSA) is 105 Å². The average Bonchev–Trinajstić information content (AvgIpc) is 2.66. The Balaban J connectivity index is 1.76. The zero-order chi connectivity index (χ0) is 19.4. The van der Waals surface area contributed by atoms with Crippen LogP contribution < -0.4 is 21.9 Å². The molecule has 0 spiro atoms. The molecule has 1 amide bonds. The van der Waals surface area contributed by atoms with Gasteiger partial charge in [0.2, 0.25) is 0 Å². The molecular formula is C19H19ClN6O. The van der Waals surface area contributed by atoms with Crippen molar-refractivity contribution >= 4 is 40.5 Å². The van der Waals surface area contributed by atoms with E-state index in [0.717, 1.165) is 16.8 Å². The number of nitrogens with zero attached hydrogens (tertiary/aromatic N) is 2. The van der Waals surface area contributed by atoms with Crippen LogP contribution in [0.15, 0.2) is 48.8 Å². The molecule has 0 atom stereocenters. The number of hydrazine groups is 1. The monoisotopic (exact) mass is 382 g/mol. The van der Waals surface area contributed by atoms with Crippen LogP contribution in [-0.4, -0.2) is 15.9 Å². The summed E-state index contributed by atoms with van der Waals surface area (Å²) in [6.07, 6.45) is 1.35. The molecule has 5 N–H and O–H groups in total. The third-order valence-electron chi connectivity index (χ3n) is 4.09. The number of amides is 1. The highest BCUT2D eigenvalue weighted by Crippen LogP contribution is 2.29. The van der Waals surface area contributed by atoms with Crippen LogP contribution in [0.4, 0.5) is 23.0 Å². The zero-order valence-electron chi connectivity index (χ0n) is 14.9. The molecular weight excluding hydrogens is 364 g/mol. The van der Waals surface area contributed by atoms with E-state index >= 15 is 0 Å². The molecule has 0 aliphatic carbocycles. The standard InChI is InChI=1S/C19H19ClN6O/c1-11-6-3-4-7-13(11)19(27)26-25-18-16(21)17(22-10-23-18)24-15-9-5-8-14(20)12(15)2/h3-10H,21H2,1-2H3,(H,26,27)(H2,22,23,24,25). The SMILES string of the molecule is Cc1ccccc1C(=O)NNc1ncnc(Nc2cccc(Cl)c2C)c1N. The molecule has 0 bridgehead atoms. The number of halogens is 1. The van der Waals surface area contributed by atoms with Gasteiger partial charge in [0.25, 0.3) is 5.91 Å². The molecule has 8 heteroatoms. The number of nitrogen functional groups attached to an aromatic ring is 1. The molecule has 3 rings (SSSR count). The minimum absolute atomic E-state index is 0.266. The lowest BCUT2D eigenvalue weighted by Crippen LogP contribution is -2.30. The van der Waals surface area contributed by atoms with Crippen LogP contribution in [0, 0.1) is 13.8 Å². The third-order valence-corrected chi connectivity index (χ3v) is 4.50. The van der Waals surface area contributed by atoms with E-state index in [-0.39, 0.29) is 17.4 Å². The summed E-state index contributed by atoms with van der Waals surface area (Å²) in [4.78, 5) is 20.6. The molecule has 0 unspecified atom stereocenters. The van der Waals surface area contributed by atoms with Gasteiger partial charge in [-0.1, -0.05) is 35.9 Å². The maximum Gasteiger partial charge on any atom is 0.269 e. The van der Waals surface area contributed by atoms with Gasteiger partial charge in [-0.25, -0.2) is 9.97 Å². The smallest absolute Gasteiger partial charge is 0.269 e. The first kappa shape index (κ1) is 18.5. The molecule has 138 valence electrons. The Hall–Kier alpha value is -3.32. The van der Waals surface area contributed by atoms with E-state index in [4.69, 9.17) is 17.3 Å². The van der Waals surface area contributed by atoms with Gasteiger partial charge < -0.3 is 11.1 Å². The first-order valence-corrected chi connectivity index (χ1v) is 8.59. The summed E-state index contributed by atoms with van der Waals surface area (Å²) < 4.78 is 0. The lowest BCUT2D eigenvalue weighted by Gasteiger charge is -2.15. The lowest BCUT2D eigenvalue weighted by atomic mass is 10.1. The first-order valence-electron chi connectivity index (χ1n) is 8.22. The Bertz CT molecular complexity index is 992. The van der Waals surface area contributed by atoms with Crippen LogP contribution in [-0.2, 0) is 0 Å². The van der Waals surface area contributed by atoms with E-state index in [0.29, 0.717) is 16.4 Å². The van der Waals surface area contributed by atoms with Gasteiger partial charge in [0.05, 0.1) is 0 Å². The number of benzene rings is 2. The predicted molar refractivity (Wildman–Crippen MR) is 108 cm³/mol. The highest BCUT2D eigenvalue weighted by atomic mass is 35.5. The van der Waals surface area contributed by atoms with Crippen LogP contribution in [0.1, 0.15) is 21.5 Å². The zero-order valence-corrected chi connectivity index (χ0v) is 15.6. The van der Waals surface area contributed by atoms with Gasteiger partial charge >= 0.3 is 0 Å². The quantitative estimate of drug-likeness (QED) is 0.500. The summed E-state index contributed by atoms with van der Waals surface area (Å²) >= 11 is 6.14. The van der Waals surface area contributed by atoms with E-state index in [2.05, 4.69) is 26.1 Å². The van der Waals surface area contributed by atoms with Crippen molar-refractivity contribution in [3.8, 4) is 0 Å². The largest absolute Gasteiger partial charge is 0.393 e. The number of nitrogens with one attached hydrogen (secondary N) is 3. The lowest BCUT2D eigenvalue weighted by molar-refractivity contribution is 0.0962. The van der Waals surface area contributed by atoms with Crippen molar-refractivity contribution in [2.75, 3.05) is 16.5 Å². The van der Waals surface area contributed by atoms with E-state index in [1.54, 1.807) is 18.2 Å². The maximum absolute atomic E-state index is 12.3. The summed E-state index contributed by atoms with van der Waals surface area (Å²) in [5.74, 6) is 0.406. The van der Waals surface area contributed by atoms with E-state index in [9.17, 15) is 4.79 Å². The van der Waals surface area contributed by atoms with E-state index in [1.807, 2.05) is 38.1 Å².